The predicted molar refractivity (Wildman–Crippen MR) is 61.1 cm³/mol. The van der Waals surface area contributed by atoms with Crippen LogP contribution in [0.15, 0.2) is 12.1 Å². The zero-order valence-electron chi connectivity index (χ0n) is 8.50. The third-order valence-corrected chi connectivity index (χ3v) is 2.35. The standard InChI is InChI=1S/C10H8Cl2FNO3/c11-3-8(15)5-1-9(17-4-10(14)16)6(12)2-7(5)13/h1-2H,3-4H2,(H2,14,16). The largest absolute Gasteiger partial charge is 0.482 e. The topological polar surface area (TPSA) is 69.4 Å². The molecule has 0 aromatic heterocycles. The summed E-state index contributed by atoms with van der Waals surface area (Å²) in [6, 6.07) is 2.00. The molecular weight excluding hydrogens is 272 g/mol. The lowest BCUT2D eigenvalue weighted by Gasteiger charge is -2.08. The highest BCUT2D eigenvalue weighted by Gasteiger charge is 2.15. The molecule has 2 N–H and O–H groups in total. The van der Waals surface area contributed by atoms with Gasteiger partial charge in [-0.3, -0.25) is 9.59 Å². The second kappa shape index (κ2) is 5.84. The average molecular weight is 280 g/mol. The molecule has 0 atom stereocenters. The van der Waals surface area contributed by atoms with Crippen LogP contribution < -0.4 is 10.5 Å². The fraction of sp³-hybridized carbons (Fsp3) is 0.200. The Hall–Kier alpha value is -1.33. The Balaban J connectivity index is 3.05. The Morgan fingerprint density at radius 2 is 2.06 bits per heavy atom. The van der Waals surface area contributed by atoms with E-state index in [1.165, 1.54) is 0 Å². The van der Waals surface area contributed by atoms with Crippen molar-refractivity contribution in [3.63, 3.8) is 0 Å². The molecule has 92 valence electrons. The second-order valence-electron chi connectivity index (χ2n) is 3.07. The summed E-state index contributed by atoms with van der Waals surface area (Å²) in [5.74, 6) is -2.49. The maximum Gasteiger partial charge on any atom is 0.255 e. The lowest BCUT2D eigenvalue weighted by molar-refractivity contribution is -0.119. The van der Waals surface area contributed by atoms with E-state index in [1.54, 1.807) is 0 Å². The molecule has 1 rings (SSSR count). The van der Waals surface area contributed by atoms with Gasteiger partial charge in [-0.05, 0) is 12.1 Å². The van der Waals surface area contributed by atoms with Crippen LogP contribution in [-0.4, -0.2) is 24.2 Å². The Kier molecular flexibility index (Phi) is 4.72. The molecule has 0 aliphatic heterocycles. The van der Waals surface area contributed by atoms with E-state index >= 15 is 0 Å². The van der Waals surface area contributed by atoms with Gasteiger partial charge in [-0.1, -0.05) is 11.6 Å². The number of ketones is 1. The molecule has 0 unspecified atom stereocenters. The number of benzene rings is 1. The van der Waals surface area contributed by atoms with E-state index < -0.39 is 24.1 Å². The van der Waals surface area contributed by atoms with E-state index in [9.17, 15) is 14.0 Å². The summed E-state index contributed by atoms with van der Waals surface area (Å²) in [7, 11) is 0. The first kappa shape index (κ1) is 13.7. The number of Topliss-reactive ketones (excluding diaryl/α,β-unsaturated/α-hetero) is 1. The van der Waals surface area contributed by atoms with Crippen LogP contribution in [0.3, 0.4) is 0 Å². The average Bonchev–Trinajstić information content (AvgIpc) is 2.26. The third-order valence-electron chi connectivity index (χ3n) is 1.81. The van der Waals surface area contributed by atoms with Crippen LogP contribution in [0.1, 0.15) is 10.4 Å². The molecular formula is C10H8Cl2FNO3. The minimum absolute atomic E-state index is 0.000309. The van der Waals surface area contributed by atoms with Gasteiger partial charge in [0.15, 0.2) is 12.4 Å². The van der Waals surface area contributed by atoms with Crippen LogP contribution in [0.5, 0.6) is 5.75 Å². The van der Waals surface area contributed by atoms with Crippen LogP contribution in [0.25, 0.3) is 0 Å². The van der Waals surface area contributed by atoms with Gasteiger partial charge >= 0.3 is 0 Å². The number of hydrogen-bond donors (Lipinski definition) is 1. The van der Waals surface area contributed by atoms with E-state index in [0.29, 0.717) is 0 Å². The molecule has 0 saturated heterocycles. The quantitative estimate of drug-likeness (QED) is 0.660. The number of amides is 1. The zero-order valence-corrected chi connectivity index (χ0v) is 10.0. The van der Waals surface area contributed by atoms with Gasteiger partial charge in [0.05, 0.1) is 16.5 Å². The van der Waals surface area contributed by atoms with Crippen molar-refractivity contribution in [2.24, 2.45) is 5.73 Å². The van der Waals surface area contributed by atoms with Crippen molar-refractivity contribution in [2.45, 2.75) is 0 Å². The number of halogens is 3. The monoisotopic (exact) mass is 279 g/mol. The molecule has 0 saturated carbocycles. The van der Waals surface area contributed by atoms with Gasteiger partial charge in [0.1, 0.15) is 11.6 Å². The number of primary amides is 1. The lowest BCUT2D eigenvalue weighted by atomic mass is 10.1. The smallest absolute Gasteiger partial charge is 0.255 e. The third kappa shape index (κ3) is 3.57. The van der Waals surface area contributed by atoms with Gasteiger partial charge in [0.25, 0.3) is 5.91 Å². The van der Waals surface area contributed by atoms with E-state index in [-0.39, 0.29) is 22.2 Å². The highest BCUT2D eigenvalue weighted by atomic mass is 35.5. The highest BCUT2D eigenvalue weighted by Crippen LogP contribution is 2.28. The summed E-state index contributed by atoms with van der Waals surface area (Å²) < 4.78 is 18.3. The molecule has 1 aromatic carbocycles. The van der Waals surface area contributed by atoms with Crippen LogP contribution in [0, 0.1) is 5.82 Å². The molecule has 1 amide bonds. The van der Waals surface area contributed by atoms with E-state index in [2.05, 4.69) is 0 Å². The number of carbonyl (C=O) groups is 2. The van der Waals surface area contributed by atoms with Crippen LogP contribution in [-0.2, 0) is 4.79 Å². The molecule has 1 aromatic rings. The van der Waals surface area contributed by atoms with E-state index in [1.807, 2.05) is 0 Å². The maximum atomic E-state index is 13.4. The number of ether oxygens (including phenoxy) is 1. The number of hydrogen-bond acceptors (Lipinski definition) is 3. The fourth-order valence-corrected chi connectivity index (χ4v) is 1.42. The molecule has 17 heavy (non-hydrogen) atoms. The van der Waals surface area contributed by atoms with Crippen molar-refractivity contribution in [3.05, 3.63) is 28.5 Å². The normalized spacial score (nSPS) is 10.1. The minimum atomic E-state index is -0.799. The summed E-state index contributed by atoms with van der Waals surface area (Å²) in [6.45, 7) is -0.417. The van der Waals surface area contributed by atoms with Crippen molar-refractivity contribution in [3.8, 4) is 5.75 Å². The number of alkyl halides is 1. The van der Waals surface area contributed by atoms with Crippen molar-refractivity contribution >= 4 is 34.9 Å². The minimum Gasteiger partial charge on any atom is -0.482 e. The van der Waals surface area contributed by atoms with Gasteiger partial charge < -0.3 is 10.5 Å². The molecule has 0 bridgehead atoms. The van der Waals surface area contributed by atoms with Crippen LogP contribution >= 0.6 is 23.2 Å². The molecule has 0 fully saturated rings. The van der Waals surface area contributed by atoms with Crippen LogP contribution in [0.2, 0.25) is 5.02 Å². The van der Waals surface area contributed by atoms with Gasteiger partial charge in [-0.25, -0.2) is 4.39 Å². The number of rotatable bonds is 5. The maximum absolute atomic E-state index is 13.4. The van der Waals surface area contributed by atoms with Gasteiger partial charge in [-0.2, -0.15) is 0 Å². The molecule has 0 spiro atoms. The summed E-state index contributed by atoms with van der Waals surface area (Å²) in [5, 5.41) is -0.0603. The molecule has 4 nitrogen and oxygen atoms in total. The van der Waals surface area contributed by atoms with Gasteiger partial charge in [0, 0.05) is 0 Å². The van der Waals surface area contributed by atoms with Crippen molar-refractivity contribution in [1.29, 1.82) is 0 Å². The summed E-state index contributed by atoms with van der Waals surface area (Å²) in [5.41, 5.74) is 4.63. The molecule has 0 heterocycles. The first-order chi connectivity index (χ1) is 7.95. The van der Waals surface area contributed by atoms with Crippen LogP contribution in [0.4, 0.5) is 4.39 Å². The van der Waals surface area contributed by atoms with E-state index in [4.69, 9.17) is 33.7 Å². The SMILES string of the molecule is NC(=O)COc1cc(C(=O)CCl)c(F)cc1Cl. The van der Waals surface area contributed by atoms with Crippen molar-refractivity contribution < 1.29 is 18.7 Å². The number of carbonyl (C=O) groups excluding carboxylic acids is 2. The van der Waals surface area contributed by atoms with Gasteiger partial charge in [0.2, 0.25) is 0 Å². The Morgan fingerprint density at radius 1 is 1.41 bits per heavy atom. The van der Waals surface area contributed by atoms with E-state index in [0.717, 1.165) is 12.1 Å². The number of nitrogens with two attached hydrogens (primary N) is 1. The van der Waals surface area contributed by atoms with Gasteiger partial charge in [-0.15, -0.1) is 11.6 Å². The molecule has 0 radical (unpaired) electrons. The first-order valence-corrected chi connectivity index (χ1v) is 5.36. The second-order valence-corrected chi connectivity index (χ2v) is 3.75. The Morgan fingerprint density at radius 3 is 2.59 bits per heavy atom. The molecule has 0 aliphatic rings. The molecule has 7 heteroatoms. The first-order valence-electron chi connectivity index (χ1n) is 4.45. The Labute approximate surface area is 106 Å². The summed E-state index contributed by atoms with van der Waals surface area (Å²) in [6.07, 6.45) is 0. The fourth-order valence-electron chi connectivity index (χ4n) is 1.07. The highest BCUT2D eigenvalue weighted by molar-refractivity contribution is 6.33. The summed E-state index contributed by atoms with van der Waals surface area (Å²) >= 11 is 11.0. The lowest BCUT2D eigenvalue weighted by Crippen LogP contribution is -2.20. The Bertz CT molecular complexity index is 465. The van der Waals surface area contributed by atoms with Crippen molar-refractivity contribution in [2.75, 3.05) is 12.5 Å². The predicted octanol–water partition coefficient (Wildman–Crippen LogP) is 1.76. The van der Waals surface area contributed by atoms with Crippen molar-refractivity contribution in [1.82, 2.24) is 0 Å². The molecule has 0 aliphatic carbocycles. The zero-order chi connectivity index (χ0) is 13.0. The summed E-state index contributed by atoms with van der Waals surface area (Å²) in [4.78, 5) is 21.8.